The number of nitrogens with two attached hydrogens (primary N) is 1. The SMILES string of the molecule is CCOP(=O)(OCC)OC(CCCN)CCC(=O)Cn1cnc2cc(Br)c(Cl)cc2c1=O. The van der Waals surface area contributed by atoms with Gasteiger partial charge in [0.05, 0.1) is 48.1 Å². The van der Waals surface area contributed by atoms with E-state index >= 15 is 0 Å². The molecule has 2 aromatic rings. The summed E-state index contributed by atoms with van der Waals surface area (Å²) in [6.07, 6.45) is 2.33. The van der Waals surface area contributed by atoms with Crippen molar-refractivity contribution in [2.45, 2.75) is 52.2 Å². The van der Waals surface area contributed by atoms with Gasteiger partial charge in [0.25, 0.3) is 5.56 Å². The number of aromatic nitrogens is 2. The van der Waals surface area contributed by atoms with Crippen molar-refractivity contribution in [1.29, 1.82) is 0 Å². The first kappa shape index (κ1) is 27.1. The molecule has 9 nitrogen and oxygen atoms in total. The van der Waals surface area contributed by atoms with E-state index in [1.54, 1.807) is 19.9 Å². The molecule has 1 atom stereocenters. The molecule has 1 unspecified atom stereocenters. The van der Waals surface area contributed by atoms with Gasteiger partial charge in [-0.15, -0.1) is 0 Å². The van der Waals surface area contributed by atoms with Crippen LogP contribution < -0.4 is 11.3 Å². The van der Waals surface area contributed by atoms with E-state index in [1.807, 2.05) is 0 Å². The maximum Gasteiger partial charge on any atom is 0.475 e. The molecule has 32 heavy (non-hydrogen) atoms. The van der Waals surface area contributed by atoms with Crippen molar-refractivity contribution < 1.29 is 22.9 Å². The molecule has 2 N–H and O–H groups in total. The Labute approximate surface area is 200 Å². The lowest BCUT2D eigenvalue weighted by Gasteiger charge is -2.23. The van der Waals surface area contributed by atoms with E-state index in [1.165, 1.54) is 17.0 Å². The van der Waals surface area contributed by atoms with Gasteiger partial charge in [-0.05, 0) is 67.7 Å². The molecule has 0 fully saturated rings. The normalized spacial score (nSPS) is 12.9. The fourth-order valence-electron chi connectivity index (χ4n) is 3.05. The predicted molar refractivity (Wildman–Crippen MR) is 127 cm³/mol. The number of rotatable bonds is 14. The van der Waals surface area contributed by atoms with E-state index in [9.17, 15) is 14.2 Å². The lowest BCUT2D eigenvalue weighted by atomic mass is 10.1. The lowest BCUT2D eigenvalue weighted by Crippen LogP contribution is -2.25. The quantitative estimate of drug-likeness (QED) is 0.341. The van der Waals surface area contributed by atoms with Gasteiger partial charge in [-0.1, -0.05) is 11.6 Å². The molecule has 1 aromatic heterocycles. The van der Waals surface area contributed by atoms with Crippen molar-refractivity contribution >= 4 is 52.0 Å². The topological polar surface area (TPSA) is 123 Å². The summed E-state index contributed by atoms with van der Waals surface area (Å²) in [5, 5.41) is 0.709. The average Bonchev–Trinajstić information content (AvgIpc) is 2.74. The Bertz CT molecular complexity index is 1020. The number of fused-ring (bicyclic) bond motifs is 1. The standard InChI is InChI=1S/C20H28BrClN3O6P/c1-3-29-32(28,30-4-2)31-15(6-5-9-23)8-7-14(26)12-25-13-24-19-11-17(21)18(22)10-16(19)20(25)27/h10-11,13,15H,3-9,12,23H2,1-2H3. The van der Waals surface area contributed by atoms with E-state index in [-0.39, 0.29) is 43.9 Å². The maximum atomic E-state index is 12.7. The van der Waals surface area contributed by atoms with Gasteiger partial charge in [0.2, 0.25) is 0 Å². The van der Waals surface area contributed by atoms with Gasteiger partial charge in [0.15, 0.2) is 5.78 Å². The zero-order valence-corrected chi connectivity index (χ0v) is 21.3. The second-order valence-corrected chi connectivity index (χ2v) is 9.86. The van der Waals surface area contributed by atoms with Crippen LogP contribution >= 0.6 is 35.4 Å². The highest BCUT2D eigenvalue weighted by atomic mass is 79.9. The molecule has 1 heterocycles. The first-order valence-electron chi connectivity index (χ1n) is 10.4. The minimum absolute atomic E-state index is 0.110. The Balaban J connectivity index is 2.08. The summed E-state index contributed by atoms with van der Waals surface area (Å²) in [7, 11) is -3.72. The largest absolute Gasteiger partial charge is 0.475 e. The fraction of sp³-hybridized carbons (Fsp3) is 0.550. The Kier molecular flexibility index (Phi) is 11.0. The van der Waals surface area contributed by atoms with Crippen molar-refractivity contribution in [2.24, 2.45) is 5.73 Å². The Morgan fingerprint density at radius 2 is 1.97 bits per heavy atom. The van der Waals surface area contributed by atoms with E-state index in [2.05, 4.69) is 20.9 Å². The second-order valence-electron chi connectivity index (χ2n) is 6.98. The summed E-state index contributed by atoms with van der Waals surface area (Å²) in [6, 6.07) is 3.17. The summed E-state index contributed by atoms with van der Waals surface area (Å²) in [4.78, 5) is 29.5. The third-order valence-corrected chi connectivity index (χ3v) is 7.44. The first-order chi connectivity index (χ1) is 15.2. The number of Topliss-reactive ketones (excluding diaryl/α,β-unsaturated/α-hetero) is 1. The second kappa shape index (κ2) is 12.9. The molecule has 0 spiro atoms. The van der Waals surface area contributed by atoms with Gasteiger partial charge in [-0.25, -0.2) is 9.55 Å². The van der Waals surface area contributed by atoms with E-state index in [0.717, 1.165) is 0 Å². The molecule has 1 aromatic carbocycles. The fourth-order valence-corrected chi connectivity index (χ4v) is 4.95. The van der Waals surface area contributed by atoms with Gasteiger partial charge in [0.1, 0.15) is 0 Å². The van der Waals surface area contributed by atoms with Crippen LogP contribution in [0.4, 0.5) is 0 Å². The van der Waals surface area contributed by atoms with Crippen LogP contribution in [0.1, 0.15) is 39.5 Å². The minimum atomic E-state index is -3.72. The third kappa shape index (κ3) is 7.73. The summed E-state index contributed by atoms with van der Waals surface area (Å²) in [6.45, 7) is 3.99. The van der Waals surface area contributed by atoms with Crippen molar-refractivity contribution in [1.82, 2.24) is 9.55 Å². The van der Waals surface area contributed by atoms with Gasteiger partial charge in [-0.3, -0.25) is 27.7 Å². The van der Waals surface area contributed by atoms with E-state index in [0.29, 0.717) is 39.8 Å². The highest BCUT2D eigenvalue weighted by Crippen LogP contribution is 2.51. The summed E-state index contributed by atoms with van der Waals surface area (Å²) in [5.41, 5.74) is 5.71. The number of ketones is 1. The first-order valence-corrected chi connectivity index (χ1v) is 13.0. The number of halogens is 2. The number of phosphoric ester groups is 1. The Morgan fingerprint density at radius 3 is 2.59 bits per heavy atom. The number of carbonyl (C=O) groups excluding carboxylic acids is 1. The van der Waals surface area contributed by atoms with Crippen LogP contribution in [-0.2, 0) is 29.5 Å². The van der Waals surface area contributed by atoms with Gasteiger partial charge < -0.3 is 5.73 Å². The molecule has 0 saturated heterocycles. The minimum Gasteiger partial charge on any atom is -0.330 e. The Morgan fingerprint density at radius 1 is 1.28 bits per heavy atom. The number of carbonyl (C=O) groups is 1. The molecule has 0 aliphatic carbocycles. The molecule has 0 saturated carbocycles. The third-order valence-electron chi connectivity index (χ3n) is 4.54. The molecule has 2 rings (SSSR count). The molecule has 0 radical (unpaired) electrons. The van der Waals surface area contributed by atoms with Gasteiger partial charge >= 0.3 is 7.82 Å². The predicted octanol–water partition coefficient (Wildman–Crippen LogP) is 4.47. The van der Waals surface area contributed by atoms with Crippen molar-refractivity contribution in [3.8, 4) is 0 Å². The van der Waals surface area contributed by atoms with E-state index < -0.39 is 13.9 Å². The smallest absolute Gasteiger partial charge is 0.330 e. The Hall–Kier alpha value is -1.13. The maximum absolute atomic E-state index is 12.7. The number of hydrogen-bond donors (Lipinski definition) is 1. The van der Waals surface area contributed by atoms with Gasteiger partial charge in [-0.2, -0.15) is 0 Å². The van der Waals surface area contributed by atoms with Crippen LogP contribution in [0.25, 0.3) is 10.9 Å². The molecule has 0 aliphatic heterocycles. The molecule has 0 bridgehead atoms. The zero-order valence-electron chi connectivity index (χ0n) is 18.1. The highest BCUT2D eigenvalue weighted by Gasteiger charge is 2.30. The van der Waals surface area contributed by atoms with Crippen molar-refractivity contribution in [3.63, 3.8) is 0 Å². The van der Waals surface area contributed by atoms with Crippen LogP contribution in [-0.4, -0.2) is 41.2 Å². The van der Waals surface area contributed by atoms with Crippen molar-refractivity contribution in [2.75, 3.05) is 19.8 Å². The number of benzene rings is 1. The number of nitrogens with zero attached hydrogens (tertiary/aromatic N) is 2. The van der Waals surface area contributed by atoms with Crippen LogP contribution in [0.2, 0.25) is 5.02 Å². The molecule has 0 aliphatic rings. The van der Waals surface area contributed by atoms with Gasteiger partial charge in [0, 0.05) is 10.9 Å². The zero-order chi connectivity index (χ0) is 23.7. The summed E-state index contributed by atoms with van der Waals surface area (Å²) < 4.78 is 30.6. The average molecular weight is 553 g/mol. The molecule has 12 heteroatoms. The summed E-state index contributed by atoms with van der Waals surface area (Å²) in [5.74, 6) is -0.194. The van der Waals surface area contributed by atoms with Crippen LogP contribution in [0.3, 0.4) is 0 Å². The molecule has 0 amide bonds. The lowest BCUT2D eigenvalue weighted by molar-refractivity contribution is -0.120. The highest BCUT2D eigenvalue weighted by molar-refractivity contribution is 9.10. The van der Waals surface area contributed by atoms with Crippen LogP contribution in [0, 0.1) is 0 Å². The summed E-state index contributed by atoms with van der Waals surface area (Å²) >= 11 is 9.38. The number of phosphoric acid groups is 1. The molecular formula is C20H28BrClN3O6P. The van der Waals surface area contributed by atoms with Crippen molar-refractivity contribution in [3.05, 3.63) is 38.3 Å². The van der Waals surface area contributed by atoms with Crippen LogP contribution in [0.15, 0.2) is 27.7 Å². The number of hydrogen-bond acceptors (Lipinski definition) is 8. The molecular weight excluding hydrogens is 525 g/mol. The van der Waals surface area contributed by atoms with Crippen LogP contribution in [0.5, 0.6) is 0 Å². The van der Waals surface area contributed by atoms with E-state index in [4.69, 9.17) is 30.9 Å². The molecule has 178 valence electrons. The monoisotopic (exact) mass is 551 g/mol.